The van der Waals surface area contributed by atoms with E-state index in [1.54, 1.807) is 0 Å². The molecular formula is C13H19N3O4S. The second-order valence-corrected chi connectivity index (χ2v) is 6.76. The van der Waals surface area contributed by atoms with Crippen molar-refractivity contribution >= 4 is 15.7 Å². The first-order valence-electron chi connectivity index (χ1n) is 6.96. The maximum absolute atomic E-state index is 12.1. The average molecular weight is 313 g/mol. The van der Waals surface area contributed by atoms with E-state index in [4.69, 9.17) is 0 Å². The Bertz CT molecular complexity index is 597. The molecule has 0 aliphatic carbocycles. The molecule has 8 heteroatoms. The fourth-order valence-corrected chi connectivity index (χ4v) is 3.67. The molecule has 0 spiro atoms. The first-order chi connectivity index (χ1) is 10.0. The van der Waals surface area contributed by atoms with E-state index in [1.807, 2.05) is 0 Å². The summed E-state index contributed by atoms with van der Waals surface area (Å²) >= 11 is 0. The van der Waals surface area contributed by atoms with Crippen LogP contribution in [-0.4, -0.2) is 44.4 Å². The third-order valence-electron chi connectivity index (χ3n) is 3.49. The Kier molecular flexibility index (Phi) is 5.27. The summed E-state index contributed by atoms with van der Waals surface area (Å²) in [4.78, 5) is 12.2. The van der Waals surface area contributed by atoms with Gasteiger partial charge in [0.25, 0.3) is 5.69 Å². The normalized spacial score (nSPS) is 16.2. The Balaban J connectivity index is 1.93. The number of nitro groups is 1. The van der Waals surface area contributed by atoms with Crippen molar-refractivity contribution in [2.75, 3.05) is 26.2 Å². The lowest BCUT2D eigenvalue weighted by molar-refractivity contribution is -0.387. The molecule has 2 rings (SSSR count). The second kappa shape index (κ2) is 6.97. The number of hydrogen-bond donors (Lipinski definition) is 1. The minimum absolute atomic E-state index is 0.281. The molecule has 0 unspecified atom stereocenters. The van der Waals surface area contributed by atoms with Gasteiger partial charge in [-0.3, -0.25) is 10.1 Å². The molecule has 0 saturated carbocycles. The summed E-state index contributed by atoms with van der Waals surface area (Å²) in [7, 11) is -3.84. The monoisotopic (exact) mass is 313 g/mol. The van der Waals surface area contributed by atoms with Crippen molar-refractivity contribution in [1.29, 1.82) is 0 Å². The largest absolute Gasteiger partial charge is 0.303 e. The van der Waals surface area contributed by atoms with Crippen LogP contribution in [0.15, 0.2) is 29.2 Å². The zero-order chi connectivity index (χ0) is 15.3. The fraction of sp³-hybridized carbons (Fsp3) is 0.538. The van der Waals surface area contributed by atoms with Crippen LogP contribution in [0.3, 0.4) is 0 Å². The number of sulfonamides is 1. The minimum Gasteiger partial charge on any atom is -0.303 e. The van der Waals surface area contributed by atoms with Crippen molar-refractivity contribution in [3.63, 3.8) is 0 Å². The zero-order valence-electron chi connectivity index (χ0n) is 11.7. The van der Waals surface area contributed by atoms with Crippen molar-refractivity contribution < 1.29 is 13.3 Å². The average Bonchev–Trinajstić information content (AvgIpc) is 2.97. The van der Waals surface area contributed by atoms with Gasteiger partial charge in [-0.2, -0.15) is 0 Å². The Labute approximate surface area is 124 Å². The lowest BCUT2D eigenvalue weighted by atomic mass is 10.3. The van der Waals surface area contributed by atoms with Crippen molar-refractivity contribution in [2.45, 2.75) is 24.2 Å². The Morgan fingerprint density at radius 2 is 1.90 bits per heavy atom. The highest BCUT2D eigenvalue weighted by Gasteiger charge is 2.24. The molecule has 1 N–H and O–H groups in total. The van der Waals surface area contributed by atoms with Gasteiger partial charge in [-0.1, -0.05) is 12.1 Å². The molecule has 1 saturated heterocycles. The summed E-state index contributed by atoms with van der Waals surface area (Å²) in [5.41, 5.74) is -0.399. The van der Waals surface area contributed by atoms with E-state index in [0.717, 1.165) is 19.6 Å². The third-order valence-corrected chi connectivity index (χ3v) is 5.00. The Morgan fingerprint density at radius 1 is 1.24 bits per heavy atom. The number of nitrogens with zero attached hydrogens (tertiary/aromatic N) is 2. The number of rotatable bonds is 7. The van der Waals surface area contributed by atoms with Crippen LogP contribution in [0.1, 0.15) is 19.3 Å². The molecule has 116 valence electrons. The van der Waals surface area contributed by atoms with Crippen LogP contribution in [0.2, 0.25) is 0 Å². The van der Waals surface area contributed by atoms with Crippen LogP contribution in [0.4, 0.5) is 5.69 Å². The molecule has 7 nitrogen and oxygen atoms in total. The van der Waals surface area contributed by atoms with Crippen molar-refractivity contribution in [1.82, 2.24) is 9.62 Å². The van der Waals surface area contributed by atoms with Crippen molar-refractivity contribution in [2.24, 2.45) is 0 Å². The molecule has 1 aliphatic rings. The quantitative estimate of drug-likeness (QED) is 0.466. The number of nitrogens with one attached hydrogen (secondary N) is 1. The van der Waals surface area contributed by atoms with Crippen molar-refractivity contribution in [3.8, 4) is 0 Å². The van der Waals surface area contributed by atoms with E-state index < -0.39 is 20.6 Å². The zero-order valence-corrected chi connectivity index (χ0v) is 12.5. The molecule has 21 heavy (non-hydrogen) atoms. The molecule has 1 aromatic rings. The van der Waals surface area contributed by atoms with Gasteiger partial charge in [0.1, 0.15) is 0 Å². The molecule has 0 amide bonds. The summed E-state index contributed by atoms with van der Waals surface area (Å²) in [6.45, 7) is 3.26. The SMILES string of the molecule is O=[N+]([O-])c1ccccc1S(=O)(=O)NCCCN1CCCC1. The summed E-state index contributed by atoms with van der Waals surface area (Å²) < 4.78 is 26.7. The Hall–Kier alpha value is -1.51. The van der Waals surface area contributed by atoms with Gasteiger partial charge in [-0.05, 0) is 45.0 Å². The molecule has 1 fully saturated rings. The third kappa shape index (κ3) is 4.23. The van der Waals surface area contributed by atoms with E-state index in [0.29, 0.717) is 6.42 Å². The summed E-state index contributed by atoms with van der Waals surface area (Å²) in [5, 5.41) is 10.9. The number of hydrogen-bond acceptors (Lipinski definition) is 5. The standard InChI is InChI=1S/C13H19N3O4S/c17-16(18)12-6-1-2-7-13(12)21(19,20)14-8-5-11-15-9-3-4-10-15/h1-2,6-7,14H,3-5,8-11H2. The second-order valence-electron chi connectivity index (χ2n) is 5.02. The van der Waals surface area contributed by atoms with Gasteiger partial charge in [-0.15, -0.1) is 0 Å². The summed E-state index contributed by atoms with van der Waals surface area (Å²) in [6.07, 6.45) is 3.09. The molecule has 0 aromatic heterocycles. The van der Waals surface area contributed by atoms with Crippen LogP contribution >= 0.6 is 0 Å². The topological polar surface area (TPSA) is 92.5 Å². The molecule has 0 radical (unpaired) electrons. The molecule has 0 bridgehead atoms. The number of para-hydroxylation sites is 1. The lowest BCUT2D eigenvalue weighted by Gasteiger charge is -2.14. The van der Waals surface area contributed by atoms with E-state index in [-0.39, 0.29) is 11.4 Å². The highest BCUT2D eigenvalue weighted by molar-refractivity contribution is 7.89. The molecule has 0 atom stereocenters. The molecular weight excluding hydrogens is 294 g/mol. The predicted octanol–water partition coefficient (Wildman–Crippen LogP) is 1.36. The van der Waals surface area contributed by atoms with E-state index >= 15 is 0 Å². The minimum atomic E-state index is -3.84. The van der Waals surface area contributed by atoms with Crippen LogP contribution in [-0.2, 0) is 10.0 Å². The van der Waals surface area contributed by atoms with Crippen LogP contribution in [0.5, 0.6) is 0 Å². The van der Waals surface area contributed by atoms with E-state index in [9.17, 15) is 18.5 Å². The van der Waals surface area contributed by atoms with Crippen LogP contribution in [0.25, 0.3) is 0 Å². The van der Waals surface area contributed by atoms with Gasteiger partial charge >= 0.3 is 0 Å². The maximum atomic E-state index is 12.1. The highest BCUT2D eigenvalue weighted by Crippen LogP contribution is 2.22. The van der Waals surface area contributed by atoms with Gasteiger partial charge in [0, 0.05) is 12.6 Å². The highest BCUT2D eigenvalue weighted by atomic mass is 32.2. The van der Waals surface area contributed by atoms with Crippen LogP contribution < -0.4 is 4.72 Å². The van der Waals surface area contributed by atoms with Gasteiger partial charge < -0.3 is 4.90 Å². The molecule has 1 aromatic carbocycles. The number of likely N-dealkylation sites (tertiary alicyclic amines) is 1. The smallest absolute Gasteiger partial charge is 0.289 e. The predicted molar refractivity (Wildman–Crippen MR) is 78.6 cm³/mol. The van der Waals surface area contributed by atoms with E-state index in [2.05, 4.69) is 9.62 Å². The van der Waals surface area contributed by atoms with Crippen LogP contribution in [0, 0.1) is 10.1 Å². The number of benzene rings is 1. The first kappa shape index (κ1) is 15.9. The Morgan fingerprint density at radius 3 is 2.57 bits per heavy atom. The maximum Gasteiger partial charge on any atom is 0.289 e. The van der Waals surface area contributed by atoms with Gasteiger partial charge in [0.2, 0.25) is 10.0 Å². The van der Waals surface area contributed by atoms with Crippen molar-refractivity contribution in [3.05, 3.63) is 34.4 Å². The molecule has 1 heterocycles. The van der Waals surface area contributed by atoms with Gasteiger partial charge in [0.05, 0.1) is 4.92 Å². The summed E-state index contributed by atoms with van der Waals surface area (Å²) in [5.74, 6) is 0. The van der Waals surface area contributed by atoms with Gasteiger partial charge in [-0.25, -0.2) is 13.1 Å². The molecule has 1 aliphatic heterocycles. The van der Waals surface area contributed by atoms with E-state index in [1.165, 1.54) is 37.1 Å². The lowest BCUT2D eigenvalue weighted by Crippen LogP contribution is -2.29. The number of nitro benzene ring substituents is 1. The summed E-state index contributed by atoms with van der Waals surface area (Å²) in [6, 6.07) is 5.37. The van der Waals surface area contributed by atoms with Gasteiger partial charge in [0.15, 0.2) is 4.90 Å². The first-order valence-corrected chi connectivity index (χ1v) is 8.44. The fourth-order valence-electron chi connectivity index (χ4n) is 2.43.